The van der Waals surface area contributed by atoms with Gasteiger partial charge in [-0.25, -0.2) is 0 Å². The first-order chi connectivity index (χ1) is 6.35. The van der Waals surface area contributed by atoms with E-state index in [4.69, 9.17) is 9.47 Å². The lowest BCUT2D eigenvalue weighted by Crippen LogP contribution is -2.19. The van der Waals surface area contributed by atoms with Gasteiger partial charge in [0.05, 0.1) is 25.4 Å². The molecule has 0 amide bonds. The zero-order valence-electron chi connectivity index (χ0n) is 8.36. The third kappa shape index (κ3) is 2.61. The molecule has 2 fully saturated rings. The lowest BCUT2D eigenvalue weighted by atomic mass is 10.2. The van der Waals surface area contributed by atoms with Gasteiger partial charge in [-0.2, -0.15) is 0 Å². The van der Waals surface area contributed by atoms with Gasteiger partial charge < -0.3 is 9.47 Å². The summed E-state index contributed by atoms with van der Waals surface area (Å²) in [6, 6.07) is 0. The van der Waals surface area contributed by atoms with Crippen LogP contribution in [-0.2, 0) is 9.47 Å². The molecule has 0 aromatic rings. The standard InChI is InChI=1S/C10H18O2S/c1-3-9(7-5-11-7)13-10(4-2)8-6-12-8/h7-10H,3-6H2,1-2H3. The van der Waals surface area contributed by atoms with E-state index in [1.165, 1.54) is 12.8 Å². The zero-order valence-corrected chi connectivity index (χ0v) is 9.18. The Balaban J connectivity index is 1.78. The van der Waals surface area contributed by atoms with Crippen molar-refractivity contribution in [1.82, 2.24) is 0 Å². The Morgan fingerprint density at radius 3 is 1.69 bits per heavy atom. The molecule has 0 bridgehead atoms. The Hall–Kier alpha value is 0.270. The lowest BCUT2D eigenvalue weighted by Gasteiger charge is -2.18. The molecule has 2 aliphatic heterocycles. The van der Waals surface area contributed by atoms with E-state index in [2.05, 4.69) is 25.6 Å². The number of hydrogen-bond acceptors (Lipinski definition) is 3. The molecule has 0 N–H and O–H groups in total. The molecule has 2 nitrogen and oxygen atoms in total. The molecule has 0 spiro atoms. The van der Waals surface area contributed by atoms with Gasteiger partial charge >= 0.3 is 0 Å². The first-order valence-corrected chi connectivity index (χ1v) is 6.18. The van der Waals surface area contributed by atoms with Crippen molar-refractivity contribution in [3.05, 3.63) is 0 Å². The van der Waals surface area contributed by atoms with E-state index in [9.17, 15) is 0 Å². The fraction of sp³-hybridized carbons (Fsp3) is 1.00. The highest BCUT2D eigenvalue weighted by atomic mass is 32.2. The second kappa shape index (κ2) is 4.20. The molecule has 2 aliphatic rings. The predicted octanol–water partition coefficient (Wildman–Crippen LogP) is 2.07. The maximum Gasteiger partial charge on any atom is 0.0928 e. The fourth-order valence-electron chi connectivity index (χ4n) is 1.66. The Kier molecular flexibility index (Phi) is 3.17. The van der Waals surface area contributed by atoms with E-state index >= 15 is 0 Å². The Bertz CT molecular complexity index is 148. The SMILES string of the molecule is CCC(SC(CC)C1CO1)C1CO1. The zero-order chi connectivity index (χ0) is 9.26. The van der Waals surface area contributed by atoms with E-state index in [1.807, 2.05) is 0 Å². The third-order valence-corrected chi connectivity index (χ3v) is 4.67. The van der Waals surface area contributed by atoms with Crippen molar-refractivity contribution in [1.29, 1.82) is 0 Å². The van der Waals surface area contributed by atoms with Gasteiger partial charge in [-0.3, -0.25) is 0 Å². The van der Waals surface area contributed by atoms with Crippen LogP contribution in [0.3, 0.4) is 0 Å². The number of thioether (sulfide) groups is 1. The quantitative estimate of drug-likeness (QED) is 0.616. The molecule has 0 aromatic heterocycles. The van der Waals surface area contributed by atoms with Crippen LogP contribution in [-0.4, -0.2) is 35.9 Å². The summed E-state index contributed by atoms with van der Waals surface area (Å²) in [4.78, 5) is 0. The van der Waals surface area contributed by atoms with Crippen LogP contribution < -0.4 is 0 Å². The van der Waals surface area contributed by atoms with Gasteiger partial charge in [0.15, 0.2) is 0 Å². The van der Waals surface area contributed by atoms with E-state index in [0.717, 1.165) is 13.2 Å². The van der Waals surface area contributed by atoms with Crippen LogP contribution in [0, 0.1) is 0 Å². The van der Waals surface area contributed by atoms with Crippen LogP contribution in [0.2, 0.25) is 0 Å². The van der Waals surface area contributed by atoms with Crippen LogP contribution in [0.5, 0.6) is 0 Å². The highest BCUT2D eigenvalue weighted by Crippen LogP contribution is 2.36. The van der Waals surface area contributed by atoms with Gasteiger partial charge in [-0.05, 0) is 12.8 Å². The Morgan fingerprint density at radius 2 is 1.46 bits per heavy atom. The minimum absolute atomic E-state index is 0.544. The summed E-state index contributed by atoms with van der Waals surface area (Å²) < 4.78 is 10.7. The maximum absolute atomic E-state index is 5.35. The first kappa shape index (κ1) is 9.81. The fourth-order valence-corrected chi connectivity index (χ4v) is 3.16. The molecular weight excluding hydrogens is 184 g/mol. The topological polar surface area (TPSA) is 25.1 Å². The van der Waals surface area contributed by atoms with Gasteiger partial charge in [0, 0.05) is 10.5 Å². The van der Waals surface area contributed by atoms with Crippen molar-refractivity contribution in [3.8, 4) is 0 Å². The highest BCUT2D eigenvalue weighted by molar-refractivity contribution is 8.00. The van der Waals surface area contributed by atoms with Gasteiger partial charge in [0.1, 0.15) is 0 Å². The van der Waals surface area contributed by atoms with E-state index < -0.39 is 0 Å². The minimum atomic E-state index is 0.544. The molecule has 2 heterocycles. The van der Waals surface area contributed by atoms with Crippen LogP contribution in [0.25, 0.3) is 0 Å². The number of hydrogen-bond donors (Lipinski definition) is 0. The van der Waals surface area contributed by atoms with Crippen LogP contribution >= 0.6 is 11.8 Å². The number of epoxide rings is 2. The lowest BCUT2D eigenvalue weighted by molar-refractivity contribution is 0.391. The van der Waals surface area contributed by atoms with Crippen LogP contribution in [0.15, 0.2) is 0 Å². The molecule has 4 atom stereocenters. The summed E-state index contributed by atoms with van der Waals surface area (Å²) in [6.45, 7) is 6.46. The van der Waals surface area contributed by atoms with Crippen LogP contribution in [0.4, 0.5) is 0 Å². The smallest absolute Gasteiger partial charge is 0.0928 e. The molecule has 2 saturated heterocycles. The second-order valence-electron chi connectivity index (χ2n) is 3.77. The minimum Gasteiger partial charge on any atom is -0.372 e. The molecule has 2 rings (SSSR count). The molecule has 0 radical (unpaired) electrons. The van der Waals surface area contributed by atoms with Crippen LogP contribution in [0.1, 0.15) is 26.7 Å². The molecule has 76 valence electrons. The van der Waals surface area contributed by atoms with E-state index in [1.54, 1.807) is 0 Å². The average Bonchev–Trinajstić information content (AvgIpc) is 2.99. The summed E-state index contributed by atoms with van der Waals surface area (Å²) in [5.74, 6) is 0. The number of ether oxygens (including phenoxy) is 2. The first-order valence-electron chi connectivity index (χ1n) is 5.23. The monoisotopic (exact) mass is 202 g/mol. The van der Waals surface area contributed by atoms with Gasteiger partial charge in [0.2, 0.25) is 0 Å². The summed E-state index contributed by atoms with van der Waals surface area (Å²) in [5, 5.41) is 1.41. The van der Waals surface area contributed by atoms with E-state index in [0.29, 0.717) is 22.7 Å². The van der Waals surface area contributed by atoms with Gasteiger partial charge in [0.25, 0.3) is 0 Å². The molecule has 0 aromatic carbocycles. The largest absolute Gasteiger partial charge is 0.372 e. The summed E-state index contributed by atoms with van der Waals surface area (Å²) >= 11 is 2.08. The van der Waals surface area contributed by atoms with Gasteiger partial charge in [-0.1, -0.05) is 13.8 Å². The van der Waals surface area contributed by atoms with Crippen molar-refractivity contribution >= 4 is 11.8 Å². The van der Waals surface area contributed by atoms with E-state index in [-0.39, 0.29) is 0 Å². The average molecular weight is 202 g/mol. The Labute approximate surface area is 84.4 Å². The molecule has 13 heavy (non-hydrogen) atoms. The number of rotatable bonds is 6. The molecule has 3 heteroatoms. The van der Waals surface area contributed by atoms with Crippen molar-refractivity contribution in [3.63, 3.8) is 0 Å². The van der Waals surface area contributed by atoms with Crippen molar-refractivity contribution in [2.24, 2.45) is 0 Å². The summed E-state index contributed by atoms with van der Waals surface area (Å²) in [6.07, 6.45) is 3.53. The molecule has 0 aliphatic carbocycles. The van der Waals surface area contributed by atoms with Gasteiger partial charge in [-0.15, -0.1) is 11.8 Å². The maximum atomic E-state index is 5.35. The predicted molar refractivity (Wildman–Crippen MR) is 55.2 cm³/mol. The Morgan fingerprint density at radius 1 is 1.08 bits per heavy atom. The molecular formula is C10H18O2S. The van der Waals surface area contributed by atoms with Crippen molar-refractivity contribution in [2.75, 3.05) is 13.2 Å². The highest BCUT2D eigenvalue weighted by Gasteiger charge is 2.38. The second-order valence-corrected chi connectivity index (χ2v) is 5.26. The summed E-state index contributed by atoms with van der Waals surface area (Å²) in [7, 11) is 0. The molecule has 0 saturated carbocycles. The van der Waals surface area contributed by atoms with Crippen molar-refractivity contribution in [2.45, 2.75) is 49.4 Å². The normalized spacial score (nSPS) is 35.5. The summed E-state index contributed by atoms with van der Waals surface area (Å²) in [5.41, 5.74) is 0. The van der Waals surface area contributed by atoms with Crippen molar-refractivity contribution < 1.29 is 9.47 Å². The molecule has 4 unspecified atom stereocenters. The third-order valence-electron chi connectivity index (χ3n) is 2.70.